The monoisotopic (exact) mass is 264 g/mol. The van der Waals surface area contributed by atoms with Crippen molar-refractivity contribution in [3.63, 3.8) is 0 Å². The zero-order valence-electron chi connectivity index (χ0n) is 11.4. The Morgan fingerprint density at radius 2 is 2.21 bits per heavy atom. The van der Waals surface area contributed by atoms with E-state index in [4.69, 9.17) is 10.5 Å². The van der Waals surface area contributed by atoms with Crippen molar-refractivity contribution < 1.29 is 14.6 Å². The van der Waals surface area contributed by atoms with Gasteiger partial charge in [-0.3, -0.25) is 4.79 Å². The summed E-state index contributed by atoms with van der Waals surface area (Å²) in [6.45, 7) is 4.05. The summed E-state index contributed by atoms with van der Waals surface area (Å²) < 4.78 is 4.99. The molecule has 104 valence electrons. The summed E-state index contributed by atoms with van der Waals surface area (Å²) in [5.74, 6) is -0.150. The Morgan fingerprint density at radius 3 is 2.74 bits per heavy atom. The maximum Gasteiger partial charge on any atom is 0.255 e. The smallest absolute Gasteiger partial charge is 0.255 e. The van der Waals surface area contributed by atoms with Gasteiger partial charge in [-0.15, -0.1) is 0 Å². The van der Waals surface area contributed by atoms with E-state index in [-0.39, 0.29) is 40.5 Å². The molecule has 0 saturated heterocycles. The average molecular weight is 264 g/mol. The van der Waals surface area contributed by atoms with Crippen LogP contribution in [0.5, 0.6) is 11.5 Å². The van der Waals surface area contributed by atoms with E-state index in [0.29, 0.717) is 0 Å². The highest BCUT2D eigenvalue weighted by Crippen LogP contribution is 2.39. The first-order valence-corrected chi connectivity index (χ1v) is 6.30. The van der Waals surface area contributed by atoms with Crippen LogP contribution < -0.4 is 15.8 Å². The minimum absolute atomic E-state index is 0.0283. The van der Waals surface area contributed by atoms with Gasteiger partial charge >= 0.3 is 0 Å². The lowest BCUT2D eigenvalue weighted by Gasteiger charge is -2.50. The molecule has 1 aromatic rings. The maximum absolute atomic E-state index is 12.2. The van der Waals surface area contributed by atoms with Crippen LogP contribution in [-0.2, 0) is 0 Å². The second-order valence-corrected chi connectivity index (χ2v) is 5.55. The van der Waals surface area contributed by atoms with Gasteiger partial charge in [-0.25, -0.2) is 0 Å². The Bertz CT molecular complexity index is 499. The van der Waals surface area contributed by atoms with Crippen molar-refractivity contribution in [2.45, 2.75) is 32.4 Å². The van der Waals surface area contributed by atoms with Gasteiger partial charge in [0, 0.05) is 17.5 Å². The molecule has 0 aromatic heterocycles. The highest BCUT2D eigenvalue weighted by Gasteiger charge is 2.46. The van der Waals surface area contributed by atoms with Gasteiger partial charge in [-0.05, 0) is 18.6 Å². The SMILES string of the molecule is COc1cccc(C(=O)NC2CC(N)C2(C)C)c1O. The van der Waals surface area contributed by atoms with Crippen LogP contribution in [0.25, 0.3) is 0 Å². The summed E-state index contributed by atoms with van der Waals surface area (Å²) in [6, 6.07) is 4.97. The maximum atomic E-state index is 12.2. The highest BCUT2D eigenvalue weighted by molar-refractivity contribution is 5.97. The molecule has 4 N–H and O–H groups in total. The van der Waals surface area contributed by atoms with Crippen LogP contribution in [0, 0.1) is 5.41 Å². The Morgan fingerprint density at radius 1 is 1.53 bits per heavy atom. The van der Waals surface area contributed by atoms with E-state index in [1.807, 2.05) is 13.8 Å². The number of ether oxygens (including phenoxy) is 1. The van der Waals surface area contributed by atoms with Gasteiger partial charge in [0.15, 0.2) is 11.5 Å². The summed E-state index contributed by atoms with van der Waals surface area (Å²) in [6.07, 6.45) is 0.753. The van der Waals surface area contributed by atoms with Gasteiger partial charge in [0.25, 0.3) is 5.91 Å². The second-order valence-electron chi connectivity index (χ2n) is 5.55. The second kappa shape index (κ2) is 4.74. The minimum Gasteiger partial charge on any atom is -0.504 e. The summed E-state index contributed by atoms with van der Waals surface area (Å²) in [5, 5.41) is 12.8. The van der Waals surface area contributed by atoms with Crippen LogP contribution in [0.1, 0.15) is 30.6 Å². The molecule has 1 aromatic carbocycles. The predicted octanol–water partition coefficient (Wildman–Crippen LogP) is 1.26. The van der Waals surface area contributed by atoms with Crippen LogP contribution in [0.2, 0.25) is 0 Å². The fourth-order valence-electron chi connectivity index (χ4n) is 2.31. The molecule has 5 nitrogen and oxygen atoms in total. The van der Waals surface area contributed by atoms with Crippen molar-refractivity contribution in [2.24, 2.45) is 11.1 Å². The molecular weight excluding hydrogens is 244 g/mol. The molecule has 19 heavy (non-hydrogen) atoms. The molecule has 1 aliphatic rings. The molecule has 2 unspecified atom stereocenters. The summed E-state index contributed by atoms with van der Waals surface area (Å²) >= 11 is 0. The third kappa shape index (κ3) is 2.26. The van der Waals surface area contributed by atoms with Crippen molar-refractivity contribution in [1.29, 1.82) is 0 Å². The number of para-hydroxylation sites is 1. The number of phenolic OH excluding ortho intramolecular Hbond substituents is 1. The molecule has 0 heterocycles. The number of nitrogens with two attached hydrogens (primary N) is 1. The molecular formula is C14H20N2O3. The quantitative estimate of drug-likeness (QED) is 0.767. The molecule has 1 amide bonds. The Hall–Kier alpha value is -1.75. The number of hydrogen-bond donors (Lipinski definition) is 3. The van der Waals surface area contributed by atoms with Gasteiger partial charge in [0.05, 0.1) is 12.7 Å². The number of carbonyl (C=O) groups excluding carboxylic acids is 1. The number of nitrogens with one attached hydrogen (secondary N) is 1. The molecule has 1 aliphatic carbocycles. The van der Waals surface area contributed by atoms with E-state index in [0.717, 1.165) is 6.42 Å². The van der Waals surface area contributed by atoms with E-state index in [1.165, 1.54) is 7.11 Å². The third-order valence-electron chi connectivity index (χ3n) is 4.11. The van der Waals surface area contributed by atoms with Crippen LogP contribution in [0.3, 0.4) is 0 Å². The van der Waals surface area contributed by atoms with Gasteiger partial charge in [0.2, 0.25) is 0 Å². The lowest BCUT2D eigenvalue weighted by molar-refractivity contribution is 0.0584. The van der Waals surface area contributed by atoms with Crippen LogP contribution in [-0.4, -0.2) is 30.2 Å². The summed E-state index contributed by atoms with van der Waals surface area (Å²) in [7, 11) is 1.45. The van der Waals surface area contributed by atoms with Gasteiger partial charge in [-0.1, -0.05) is 19.9 Å². The molecule has 1 saturated carbocycles. The number of amides is 1. The van der Waals surface area contributed by atoms with E-state index < -0.39 is 0 Å². The van der Waals surface area contributed by atoms with E-state index in [2.05, 4.69) is 5.32 Å². The number of phenols is 1. The topological polar surface area (TPSA) is 84.6 Å². The summed E-state index contributed by atoms with van der Waals surface area (Å²) in [4.78, 5) is 12.2. The zero-order chi connectivity index (χ0) is 14.2. The van der Waals surface area contributed by atoms with Crippen LogP contribution in [0.15, 0.2) is 18.2 Å². The Kier molecular flexibility index (Phi) is 3.41. The molecule has 1 fully saturated rings. The van der Waals surface area contributed by atoms with Gasteiger partial charge in [-0.2, -0.15) is 0 Å². The zero-order valence-corrected chi connectivity index (χ0v) is 11.4. The number of benzene rings is 1. The summed E-state index contributed by atoms with van der Waals surface area (Å²) in [5.41, 5.74) is 6.01. The van der Waals surface area contributed by atoms with E-state index in [1.54, 1.807) is 18.2 Å². The average Bonchev–Trinajstić information content (AvgIpc) is 2.38. The minimum atomic E-state index is -0.304. The fraction of sp³-hybridized carbons (Fsp3) is 0.500. The standard InChI is InChI=1S/C14H20N2O3/c1-14(2)10(15)7-11(14)16-13(18)8-5-4-6-9(19-3)12(8)17/h4-6,10-11,17H,7,15H2,1-3H3,(H,16,18). The van der Waals surface area contributed by atoms with Crippen LogP contribution >= 0.6 is 0 Å². The molecule has 0 aliphatic heterocycles. The number of rotatable bonds is 3. The largest absolute Gasteiger partial charge is 0.504 e. The first-order chi connectivity index (χ1) is 8.87. The fourth-order valence-corrected chi connectivity index (χ4v) is 2.31. The van der Waals surface area contributed by atoms with Crippen molar-refractivity contribution in [3.8, 4) is 11.5 Å². The molecule has 0 radical (unpaired) electrons. The first kappa shape index (κ1) is 13.7. The van der Waals surface area contributed by atoms with Crippen molar-refractivity contribution in [3.05, 3.63) is 23.8 Å². The third-order valence-corrected chi connectivity index (χ3v) is 4.11. The predicted molar refractivity (Wildman–Crippen MR) is 72.3 cm³/mol. The number of methoxy groups -OCH3 is 1. The molecule has 2 atom stereocenters. The van der Waals surface area contributed by atoms with Crippen molar-refractivity contribution in [2.75, 3.05) is 7.11 Å². The normalized spacial score (nSPS) is 24.4. The van der Waals surface area contributed by atoms with Crippen LogP contribution in [0.4, 0.5) is 0 Å². The molecule has 2 rings (SSSR count). The van der Waals surface area contributed by atoms with E-state index >= 15 is 0 Å². The Labute approximate surface area is 112 Å². The lowest BCUT2D eigenvalue weighted by Crippen LogP contribution is -2.64. The van der Waals surface area contributed by atoms with Gasteiger partial charge < -0.3 is 20.9 Å². The molecule has 0 bridgehead atoms. The number of carbonyl (C=O) groups is 1. The van der Waals surface area contributed by atoms with E-state index in [9.17, 15) is 9.90 Å². The Balaban J connectivity index is 2.14. The first-order valence-electron chi connectivity index (χ1n) is 6.30. The number of hydrogen-bond acceptors (Lipinski definition) is 4. The molecule has 0 spiro atoms. The van der Waals surface area contributed by atoms with Crippen molar-refractivity contribution in [1.82, 2.24) is 5.32 Å². The number of aromatic hydroxyl groups is 1. The highest BCUT2D eigenvalue weighted by atomic mass is 16.5. The molecule has 5 heteroatoms. The van der Waals surface area contributed by atoms with Crippen molar-refractivity contribution >= 4 is 5.91 Å². The van der Waals surface area contributed by atoms with Gasteiger partial charge in [0.1, 0.15) is 0 Å². The lowest BCUT2D eigenvalue weighted by atomic mass is 9.63.